The summed E-state index contributed by atoms with van der Waals surface area (Å²) in [6, 6.07) is 14.8. The van der Waals surface area contributed by atoms with Crippen molar-refractivity contribution in [3.63, 3.8) is 0 Å². The predicted molar refractivity (Wildman–Crippen MR) is 65.9 cm³/mol. The van der Waals surface area contributed by atoms with E-state index >= 15 is 0 Å². The lowest BCUT2D eigenvalue weighted by Gasteiger charge is -2.08. The van der Waals surface area contributed by atoms with Crippen molar-refractivity contribution < 1.29 is 0 Å². The first kappa shape index (κ1) is 10.5. The number of fused-ring (bicyclic) bond motifs is 1. The van der Waals surface area contributed by atoms with E-state index in [9.17, 15) is 0 Å². The van der Waals surface area contributed by atoms with Gasteiger partial charge in [-0.2, -0.15) is 5.26 Å². The number of nitrogens with zero attached hydrogens (tertiary/aromatic N) is 2. The summed E-state index contributed by atoms with van der Waals surface area (Å²) in [7, 11) is 1.81. The highest BCUT2D eigenvalue weighted by molar-refractivity contribution is 5.82. The van der Waals surface area contributed by atoms with E-state index in [0.717, 1.165) is 13.0 Å². The highest BCUT2D eigenvalue weighted by atomic mass is 15.1. The van der Waals surface area contributed by atoms with Crippen LogP contribution in [0.3, 0.4) is 0 Å². The highest BCUT2D eigenvalue weighted by Crippen LogP contribution is 2.15. The van der Waals surface area contributed by atoms with Gasteiger partial charge in [-0.1, -0.05) is 42.5 Å². The summed E-state index contributed by atoms with van der Waals surface area (Å²) in [5.74, 6) is 0. The molecule has 2 aromatic carbocycles. The standard InChI is InChI=1S/C14H14N2/c1-16(11-15)9-8-12-6-7-13-4-2-3-5-14(13)10-12/h2-7,10H,8-9H2,1H3. The van der Waals surface area contributed by atoms with Gasteiger partial charge in [0.15, 0.2) is 6.19 Å². The van der Waals surface area contributed by atoms with Crippen molar-refractivity contribution in [2.75, 3.05) is 13.6 Å². The van der Waals surface area contributed by atoms with Gasteiger partial charge in [-0.25, -0.2) is 0 Å². The molecule has 0 radical (unpaired) electrons. The monoisotopic (exact) mass is 210 g/mol. The van der Waals surface area contributed by atoms with Gasteiger partial charge in [0.25, 0.3) is 0 Å². The first-order chi connectivity index (χ1) is 7.79. The van der Waals surface area contributed by atoms with Gasteiger partial charge in [0, 0.05) is 13.6 Å². The molecule has 2 heteroatoms. The van der Waals surface area contributed by atoms with Gasteiger partial charge >= 0.3 is 0 Å². The van der Waals surface area contributed by atoms with Gasteiger partial charge in [0.05, 0.1) is 0 Å². The minimum Gasteiger partial charge on any atom is -0.313 e. The molecule has 0 aliphatic rings. The van der Waals surface area contributed by atoms with Crippen molar-refractivity contribution in [2.24, 2.45) is 0 Å². The van der Waals surface area contributed by atoms with Crippen LogP contribution in [0.4, 0.5) is 0 Å². The van der Waals surface area contributed by atoms with E-state index in [1.807, 2.05) is 12.1 Å². The molecular formula is C14H14N2. The second-order valence-corrected chi connectivity index (χ2v) is 3.95. The minimum atomic E-state index is 0.773. The number of benzene rings is 2. The maximum atomic E-state index is 8.66. The molecule has 80 valence electrons. The third-order valence-corrected chi connectivity index (χ3v) is 2.72. The summed E-state index contributed by atoms with van der Waals surface area (Å²) in [4.78, 5) is 1.65. The van der Waals surface area contributed by atoms with Crippen LogP contribution in [-0.2, 0) is 6.42 Å². The molecule has 0 N–H and O–H groups in total. The van der Waals surface area contributed by atoms with Crippen molar-refractivity contribution in [1.29, 1.82) is 5.26 Å². The third kappa shape index (κ3) is 2.32. The van der Waals surface area contributed by atoms with E-state index in [-0.39, 0.29) is 0 Å². The fourth-order valence-corrected chi connectivity index (χ4v) is 1.74. The average Bonchev–Trinajstić information content (AvgIpc) is 2.35. The summed E-state index contributed by atoms with van der Waals surface area (Å²) in [6.45, 7) is 0.773. The van der Waals surface area contributed by atoms with Crippen LogP contribution in [0, 0.1) is 11.5 Å². The molecular weight excluding hydrogens is 196 g/mol. The van der Waals surface area contributed by atoms with Crippen molar-refractivity contribution >= 4 is 10.8 Å². The minimum absolute atomic E-state index is 0.773. The molecule has 2 nitrogen and oxygen atoms in total. The van der Waals surface area contributed by atoms with Crippen LogP contribution in [0.25, 0.3) is 10.8 Å². The molecule has 0 saturated carbocycles. The fourth-order valence-electron chi connectivity index (χ4n) is 1.74. The lowest BCUT2D eigenvalue weighted by atomic mass is 10.1. The first-order valence-electron chi connectivity index (χ1n) is 5.38. The molecule has 0 aromatic heterocycles. The summed E-state index contributed by atoms with van der Waals surface area (Å²) in [6.07, 6.45) is 3.02. The van der Waals surface area contributed by atoms with Crippen LogP contribution in [0.2, 0.25) is 0 Å². The Morgan fingerprint density at radius 3 is 2.62 bits per heavy atom. The topological polar surface area (TPSA) is 27.0 Å². The summed E-state index contributed by atoms with van der Waals surface area (Å²) in [5.41, 5.74) is 1.28. The quantitative estimate of drug-likeness (QED) is 0.575. The number of rotatable bonds is 3. The Labute approximate surface area is 95.7 Å². The number of hydrogen-bond acceptors (Lipinski definition) is 2. The van der Waals surface area contributed by atoms with Crippen molar-refractivity contribution in [2.45, 2.75) is 6.42 Å². The summed E-state index contributed by atoms with van der Waals surface area (Å²) < 4.78 is 0. The fraction of sp³-hybridized carbons (Fsp3) is 0.214. The molecule has 0 heterocycles. The zero-order valence-electron chi connectivity index (χ0n) is 9.35. The van der Waals surface area contributed by atoms with Gasteiger partial charge in [0.2, 0.25) is 0 Å². The Kier molecular flexibility index (Phi) is 3.07. The van der Waals surface area contributed by atoms with E-state index in [4.69, 9.17) is 5.26 Å². The zero-order valence-corrected chi connectivity index (χ0v) is 9.35. The predicted octanol–water partition coefficient (Wildman–Crippen LogP) is 2.80. The van der Waals surface area contributed by atoms with Gasteiger partial charge in [0.1, 0.15) is 0 Å². The molecule has 2 rings (SSSR count). The summed E-state index contributed by atoms with van der Waals surface area (Å²) >= 11 is 0. The maximum absolute atomic E-state index is 8.66. The molecule has 0 bridgehead atoms. The molecule has 0 amide bonds. The van der Waals surface area contributed by atoms with Gasteiger partial charge in [-0.3, -0.25) is 0 Å². The van der Waals surface area contributed by atoms with E-state index in [0.29, 0.717) is 0 Å². The smallest absolute Gasteiger partial charge is 0.179 e. The Balaban J connectivity index is 2.17. The molecule has 2 aromatic rings. The lowest BCUT2D eigenvalue weighted by Crippen LogP contribution is -2.14. The van der Waals surface area contributed by atoms with Crippen molar-refractivity contribution in [3.05, 3.63) is 48.0 Å². The average molecular weight is 210 g/mol. The molecule has 0 spiro atoms. The van der Waals surface area contributed by atoms with Crippen LogP contribution in [0.15, 0.2) is 42.5 Å². The molecule has 0 fully saturated rings. The number of hydrogen-bond donors (Lipinski definition) is 0. The Hall–Kier alpha value is -2.01. The third-order valence-electron chi connectivity index (χ3n) is 2.72. The normalized spacial score (nSPS) is 10.0. The second kappa shape index (κ2) is 4.67. The van der Waals surface area contributed by atoms with Crippen LogP contribution in [0.1, 0.15) is 5.56 Å². The zero-order chi connectivity index (χ0) is 11.4. The number of nitriles is 1. The summed E-state index contributed by atoms with van der Waals surface area (Å²) in [5, 5.41) is 11.2. The van der Waals surface area contributed by atoms with Gasteiger partial charge in [-0.15, -0.1) is 0 Å². The van der Waals surface area contributed by atoms with Crippen molar-refractivity contribution in [3.8, 4) is 6.19 Å². The Bertz CT molecular complexity index is 525. The molecule has 0 unspecified atom stereocenters. The Morgan fingerprint density at radius 2 is 1.88 bits per heavy atom. The Morgan fingerprint density at radius 1 is 1.12 bits per heavy atom. The van der Waals surface area contributed by atoms with Crippen molar-refractivity contribution in [1.82, 2.24) is 4.90 Å². The van der Waals surface area contributed by atoms with Crippen LogP contribution >= 0.6 is 0 Å². The molecule has 0 atom stereocenters. The largest absolute Gasteiger partial charge is 0.313 e. The van der Waals surface area contributed by atoms with Gasteiger partial charge < -0.3 is 4.90 Å². The highest BCUT2D eigenvalue weighted by Gasteiger charge is 1.98. The van der Waals surface area contributed by atoms with Crippen LogP contribution in [-0.4, -0.2) is 18.5 Å². The van der Waals surface area contributed by atoms with Crippen LogP contribution < -0.4 is 0 Å². The van der Waals surface area contributed by atoms with E-state index in [2.05, 4.69) is 36.5 Å². The van der Waals surface area contributed by atoms with E-state index in [1.165, 1.54) is 16.3 Å². The van der Waals surface area contributed by atoms with E-state index < -0.39 is 0 Å². The SMILES string of the molecule is CN(C#N)CCc1ccc2ccccc2c1. The number of likely N-dealkylation sites (N-methyl/N-ethyl adjacent to an activating group) is 1. The molecule has 0 saturated heterocycles. The lowest BCUT2D eigenvalue weighted by molar-refractivity contribution is 0.478. The molecule has 0 aliphatic carbocycles. The second-order valence-electron chi connectivity index (χ2n) is 3.95. The van der Waals surface area contributed by atoms with Crippen LogP contribution in [0.5, 0.6) is 0 Å². The van der Waals surface area contributed by atoms with E-state index in [1.54, 1.807) is 11.9 Å². The maximum Gasteiger partial charge on any atom is 0.179 e. The molecule has 16 heavy (non-hydrogen) atoms. The first-order valence-corrected chi connectivity index (χ1v) is 5.38. The van der Waals surface area contributed by atoms with Gasteiger partial charge in [-0.05, 0) is 22.8 Å². The molecule has 0 aliphatic heterocycles.